The molecule has 0 aliphatic heterocycles. The number of para-hydroxylation sites is 1. The molecular formula is C13H15F3O2. The summed E-state index contributed by atoms with van der Waals surface area (Å²) in [5.41, 5.74) is -0.269. The molecule has 0 spiro atoms. The molecular weight excluding hydrogens is 245 g/mol. The predicted octanol–water partition coefficient (Wildman–Crippen LogP) is 3.98. The number of alkyl halides is 3. The van der Waals surface area contributed by atoms with Gasteiger partial charge in [-0.3, -0.25) is 0 Å². The maximum atomic E-state index is 12.8. The van der Waals surface area contributed by atoms with E-state index in [9.17, 15) is 18.3 Å². The van der Waals surface area contributed by atoms with Gasteiger partial charge in [-0.2, -0.15) is 13.2 Å². The predicted molar refractivity (Wildman–Crippen MR) is 62.3 cm³/mol. The van der Waals surface area contributed by atoms with Gasteiger partial charge < -0.3 is 9.84 Å². The van der Waals surface area contributed by atoms with Crippen LogP contribution in [0.1, 0.15) is 25.0 Å². The van der Waals surface area contributed by atoms with Gasteiger partial charge in [-0.05, 0) is 12.5 Å². The molecule has 0 aromatic heterocycles. The van der Waals surface area contributed by atoms with Crippen molar-refractivity contribution in [1.82, 2.24) is 0 Å². The quantitative estimate of drug-likeness (QED) is 0.811. The minimum Gasteiger partial charge on any atom is -0.508 e. The van der Waals surface area contributed by atoms with Crippen molar-refractivity contribution in [1.29, 1.82) is 0 Å². The molecule has 0 radical (unpaired) electrons. The Morgan fingerprint density at radius 1 is 1.28 bits per heavy atom. The Morgan fingerprint density at radius 3 is 2.50 bits per heavy atom. The monoisotopic (exact) mass is 260 g/mol. The van der Waals surface area contributed by atoms with Crippen molar-refractivity contribution in [3.05, 3.63) is 42.0 Å². The number of phenols is 1. The van der Waals surface area contributed by atoms with Gasteiger partial charge in [0, 0.05) is 5.56 Å². The molecule has 0 amide bonds. The summed E-state index contributed by atoms with van der Waals surface area (Å²) in [5, 5.41) is 9.45. The van der Waals surface area contributed by atoms with E-state index in [0.717, 1.165) is 6.42 Å². The average Bonchev–Trinajstić information content (AvgIpc) is 2.29. The third kappa shape index (κ3) is 4.07. The van der Waals surface area contributed by atoms with Crippen LogP contribution < -0.4 is 0 Å². The summed E-state index contributed by atoms with van der Waals surface area (Å²) in [7, 11) is 0. The van der Waals surface area contributed by atoms with Gasteiger partial charge in [0.05, 0.1) is 6.61 Å². The van der Waals surface area contributed by atoms with Gasteiger partial charge in [0.2, 0.25) is 0 Å². The summed E-state index contributed by atoms with van der Waals surface area (Å²) in [5.74, 6) is -0.417. The molecule has 5 heteroatoms. The summed E-state index contributed by atoms with van der Waals surface area (Å²) in [4.78, 5) is 0. The Hall–Kier alpha value is -1.49. The molecule has 0 bridgehead atoms. The fourth-order valence-electron chi connectivity index (χ4n) is 1.46. The molecule has 1 unspecified atom stereocenters. The van der Waals surface area contributed by atoms with Crippen molar-refractivity contribution >= 4 is 0 Å². The Kier molecular flexibility index (Phi) is 5.22. The van der Waals surface area contributed by atoms with Crippen molar-refractivity contribution in [3.8, 4) is 5.75 Å². The van der Waals surface area contributed by atoms with Gasteiger partial charge in [-0.15, -0.1) is 0 Å². The van der Waals surface area contributed by atoms with E-state index in [-0.39, 0.29) is 12.2 Å². The maximum Gasteiger partial charge on any atom is 0.419 e. The second kappa shape index (κ2) is 6.44. The molecule has 18 heavy (non-hydrogen) atoms. The van der Waals surface area contributed by atoms with Crippen LogP contribution in [0.4, 0.5) is 13.2 Å². The summed E-state index contributed by atoms with van der Waals surface area (Å²) in [6.45, 7) is 1.73. The number of aromatic hydroxyl groups is 1. The standard InChI is InChI=1S/C13H15F3O2/c1-2-3-6-9-18-12(13(14,15)16)10-7-4-5-8-11(10)17/h3-8,12,17H,2,9H2,1H3/b6-3-. The summed E-state index contributed by atoms with van der Waals surface area (Å²) >= 11 is 0. The van der Waals surface area contributed by atoms with Gasteiger partial charge in [-0.25, -0.2) is 0 Å². The van der Waals surface area contributed by atoms with Crippen LogP contribution in [0.2, 0.25) is 0 Å². The topological polar surface area (TPSA) is 29.5 Å². The van der Waals surface area contributed by atoms with Crippen molar-refractivity contribution in [2.24, 2.45) is 0 Å². The zero-order valence-corrected chi connectivity index (χ0v) is 9.95. The Morgan fingerprint density at radius 2 is 1.94 bits per heavy atom. The number of hydrogen-bond acceptors (Lipinski definition) is 2. The van der Waals surface area contributed by atoms with E-state index in [2.05, 4.69) is 0 Å². The fourth-order valence-corrected chi connectivity index (χ4v) is 1.46. The SMILES string of the molecule is CC/C=C\COC(c1ccccc1O)C(F)(F)F. The molecule has 0 fully saturated rings. The summed E-state index contributed by atoms with van der Waals surface area (Å²) < 4.78 is 43.3. The molecule has 2 nitrogen and oxygen atoms in total. The van der Waals surface area contributed by atoms with Gasteiger partial charge in [0.25, 0.3) is 0 Å². The number of rotatable bonds is 5. The zero-order chi connectivity index (χ0) is 13.6. The lowest BCUT2D eigenvalue weighted by atomic mass is 10.1. The Balaban J connectivity index is 2.86. The third-order valence-electron chi connectivity index (χ3n) is 2.28. The van der Waals surface area contributed by atoms with Crippen molar-refractivity contribution in [3.63, 3.8) is 0 Å². The first-order valence-corrected chi connectivity index (χ1v) is 5.58. The van der Waals surface area contributed by atoms with Gasteiger partial charge in [0.15, 0.2) is 6.10 Å². The first-order valence-electron chi connectivity index (χ1n) is 5.58. The third-order valence-corrected chi connectivity index (χ3v) is 2.28. The molecule has 1 aromatic rings. The van der Waals surface area contributed by atoms with E-state index >= 15 is 0 Å². The van der Waals surface area contributed by atoms with E-state index in [4.69, 9.17) is 4.74 Å². The van der Waals surface area contributed by atoms with Crippen LogP contribution in [-0.4, -0.2) is 17.9 Å². The van der Waals surface area contributed by atoms with Gasteiger partial charge in [-0.1, -0.05) is 37.3 Å². The Bertz CT molecular complexity index is 399. The number of halogens is 3. The smallest absolute Gasteiger partial charge is 0.419 e. The highest BCUT2D eigenvalue weighted by Crippen LogP contribution is 2.39. The number of ether oxygens (including phenoxy) is 1. The molecule has 0 aliphatic carbocycles. The van der Waals surface area contributed by atoms with Crippen LogP contribution in [0.3, 0.4) is 0 Å². The fraction of sp³-hybridized carbons (Fsp3) is 0.385. The minimum absolute atomic E-state index is 0.146. The second-order valence-corrected chi connectivity index (χ2v) is 3.69. The van der Waals surface area contributed by atoms with Gasteiger partial charge >= 0.3 is 6.18 Å². The summed E-state index contributed by atoms with van der Waals surface area (Å²) in [6.07, 6.45) is -2.69. The lowest BCUT2D eigenvalue weighted by Gasteiger charge is -2.21. The number of allylic oxidation sites excluding steroid dienone is 1. The average molecular weight is 260 g/mol. The zero-order valence-electron chi connectivity index (χ0n) is 9.95. The van der Waals surface area contributed by atoms with E-state index in [1.165, 1.54) is 30.3 Å². The number of phenolic OH excluding ortho intramolecular Hbond substituents is 1. The molecule has 1 atom stereocenters. The molecule has 0 saturated carbocycles. The van der Waals surface area contributed by atoms with E-state index in [0.29, 0.717) is 0 Å². The van der Waals surface area contributed by atoms with Crippen LogP contribution in [0, 0.1) is 0 Å². The molecule has 1 N–H and O–H groups in total. The second-order valence-electron chi connectivity index (χ2n) is 3.69. The highest BCUT2D eigenvalue weighted by molar-refractivity contribution is 5.34. The van der Waals surface area contributed by atoms with Crippen LogP contribution in [0.25, 0.3) is 0 Å². The van der Waals surface area contributed by atoms with E-state index in [1.807, 2.05) is 6.92 Å². The minimum atomic E-state index is -4.56. The molecule has 100 valence electrons. The first-order chi connectivity index (χ1) is 8.46. The molecule has 1 rings (SSSR count). The molecule has 1 aromatic carbocycles. The van der Waals surface area contributed by atoms with Gasteiger partial charge in [0.1, 0.15) is 5.75 Å². The maximum absolute atomic E-state index is 12.8. The summed E-state index contributed by atoms with van der Waals surface area (Å²) in [6, 6.07) is 5.30. The van der Waals surface area contributed by atoms with E-state index < -0.39 is 18.0 Å². The molecule has 0 heterocycles. The largest absolute Gasteiger partial charge is 0.508 e. The number of benzene rings is 1. The highest BCUT2D eigenvalue weighted by atomic mass is 19.4. The lowest BCUT2D eigenvalue weighted by Crippen LogP contribution is -2.23. The van der Waals surface area contributed by atoms with Crippen LogP contribution in [0.15, 0.2) is 36.4 Å². The first kappa shape index (κ1) is 14.6. The normalized spacial score (nSPS) is 14.0. The van der Waals surface area contributed by atoms with Crippen molar-refractivity contribution in [2.75, 3.05) is 6.61 Å². The Labute approximate surface area is 104 Å². The van der Waals surface area contributed by atoms with Crippen LogP contribution in [0.5, 0.6) is 5.75 Å². The van der Waals surface area contributed by atoms with E-state index in [1.54, 1.807) is 6.08 Å². The van der Waals surface area contributed by atoms with Crippen LogP contribution in [-0.2, 0) is 4.74 Å². The van der Waals surface area contributed by atoms with Crippen molar-refractivity contribution < 1.29 is 23.0 Å². The number of hydrogen-bond donors (Lipinski definition) is 1. The highest BCUT2D eigenvalue weighted by Gasteiger charge is 2.42. The molecule has 0 saturated heterocycles. The lowest BCUT2D eigenvalue weighted by molar-refractivity contribution is -0.221. The van der Waals surface area contributed by atoms with Crippen LogP contribution >= 0.6 is 0 Å². The van der Waals surface area contributed by atoms with Crippen molar-refractivity contribution in [2.45, 2.75) is 25.6 Å². The molecule has 0 aliphatic rings.